The lowest BCUT2D eigenvalue weighted by atomic mass is 10.1. The fraction of sp³-hybridized carbons (Fsp3) is 0.833. The summed E-state index contributed by atoms with van der Waals surface area (Å²) >= 11 is 0. The molecular weight excluding hydrogens is 134 g/mol. The van der Waals surface area contributed by atoms with Gasteiger partial charge < -0.3 is 15.9 Å². The summed E-state index contributed by atoms with van der Waals surface area (Å²) in [5.74, 6) is -1.27. The zero-order chi connectivity index (χ0) is 7.94. The molecule has 0 aromatic rings. The van der Waals surface area contributed by atoms with Gasteiger partial charge in [-0.3, -0.25) is 4.79 Å². The van der Waals surface area contributed by atoms with Crippen LogP contribution in [0.2, 0.25) is 0 Å². The first-order chi connectivity index (χ1) is 4.48. The van der Waals surface area contributed by atoms with Crippen LogP contribution in [-0.4, -0.2) is 27.8 Å². The minimum atomic E-state index is -1.14. The van der Waals surface area contributed by atoms with E-state index in [9.17, 15) is 4.79 Å². The molecule has 0 spiro atoms. The number of carboxylic acids is 1. The second-order valence-electron chi connectivity index (χ2n) is 2.90. The van der Waals surface area contributed by atoms with Crippen LogP contribution in [0.1, 0.15) is 13.3 Å². The van der Waals surface area contributed by atoms with Crippen LogP contribution in [0.3, 0.4) is 0 Å². The van der Waals surface area contributed by atoms with E-state index in [1.807, 2.05) is 0 Å². The normalized spacial score (nSPS) is 40.9. The van der Waals surface area contributed by atoms with E-state index in [-0.39, 0.29) is 5.92 Å². The maximum atomic E-state index is 10.4. The fourth-order valence-electron chi connectivity index (χ4n) is 1.15. The Labute approximate surface area is 58.6 Å². The second-order valence-corrected chi connectivity index (χ2v) is 2.90. The molecule has 1 aliphatic rings. The summed E-state index contributed by atoms with van der Waals surface area (Å²) in [5, 5.41) is 17.4. The fourth-order valence-corrected chi connectivity index (χ4v) is 1.15. The Kier molecular flexibility index (Phi) is 1.45. The molecule has 1 fully saturated rings. The molecule has 0 saturated heterocycles. The van der Waals surface area contributed by atoms with Crippen molar-refractivity contribution in [1.29, 1.82) is 0 Å². The van der Waals surface area contributed by atoms with Crippen LogP contribution in [-0.2, 0) is 4.79 Å². The molecule has 0 amide bonds. The Bertz CT molecular complexity index is 168. The van der Waals surface area contributed by atoms with Crippen LogP contribution in [0, 0.1) is 5.92 Å². The number of nitrogens with two attached hydrogens (primary N) is 1. The Morgan fingerprint density at radius 3 is 2.50 bits per heavy atom. The van der Waals surface area contributed by atoms with Gasteiger partial charge in [0, 0.05) is 5.92 Å². The Morgan fingerprint density at radius 2 is 2.40 bits per heavy atom. The van der Waals surface area contributed by atoms with Crippen molar-refractivity contribution in [3.63, 3.8) is 0 Å². The highest BCUT2D eigenvalue weighted by Crippen LogP contribution is 2.43. The van der Waals surface area contributed by atoms with Crippen LogP contribution in [0.5, 0.6) is 0 Å². The van der Waals surface area contributed by atoms with E-state index in [0.717, 1.165) is 0 Å². The first-order valence-electron chi connectivity index (χ1n) is 3.19. The Hall–Kier alpha value is -0.610. The number of aliphatic carboxylic acids is 1. The molecule has 1 saturated carbocycles. The lowest BCUT2D eigenvalue weighted by molar-refractivity contribution is -0.140. The lowest BCUT2D eigenvalue weighted by Crippen LogP contribution is -2.37. The first-order valence-corrected chi connectivity index (χ1v) is 3.19. The molecule has 0 aliphatic heterocycles. The minimum absolute atomic E-state index is 0.259. The number of carbonyl (C=O) groups is 1. The van der Waals surface area contributed by atoms with E-state index >= 15 is 0 Å². The molecule has 4 nitrogen and oxygen atoms in total. The third-order valence-corrected chi connectivity index (χ3v) is 2.04. The molecule has 0 heterocycles. The van der Waals surface area contributed by atoms with Crippen LogP contribution >= 0.6 is 0 Å². The molecule has 4 heteroatoms. The van der Waals surface area contributed by atoms with Crippen molar-refractivity contribution in [3.05, 3.63) is 0 Å². The van der Waals surface area contributed by atoms with Crippen molar-refractivity contribution in [2.45, 2.75) is 25.0 Å². The molecule has 1 aliphatic carbocycles. The zero-order valence-corrected chi connectivity index (χ0v) is 5.74. The summed E-state index contributed by atoms with van der Waals surface area (Å²) in [6.45, 7) is 1.56. The van der Waals surface area contributed by atoms with E-state index < -0.39 is 17.6 Å². The van der Waals surface area contributed by atoms with Crippen LogP contribution in [0.15, 0.2) is 0 Å². The van der Waals surface area contributed by atoms with Gasteiger partial charge in [-0.1, -0.05) is 0 Å². The van der Waals surface area contributed by atoms with Gasteiger partial charge in [-0.05, 0) is 13.3 Å². The zero-order valence-electron chi connectivity index (χ0n) is 5.74. The smallest absolute Gasteiger partial charge is 0.324 e. The SMILES string of the molecule is CC(O)C1CC1(N)C(=O)O. The Morgan fingerprint density at radius 1 is 1.90 bits per heavy atom. The van der Waals surface area contributed by atoms with E-state index in [2.05, 4.69) is 0 Å². The second kappa shape index (κ2) is 1.93. The molecule has 0 aromatic carbocycles. The van der Waals surface area contributed by atoms with Crippen LogP contribution in [0.4, 0.5) is 0 Å². The predicted octanol–water partition coefficient (Wildman–Crippen LogP) is -0.831. The topological polar surface area (TPSA) is 83.5 Å². The first kappa shape index (κ1) is 7.50. The van der Waals surface area contributed by atoms with Crippen LogP contribution in [0.25, 0.3) is 0 Å². The van der Waals surface area contributed by atoms with Crippen molar-refractivity contribution < 1.29 is 15.0 Å². The van der Waals surface area contributed by atoms with Crippen molar-refractivity contribution >= 4 is 5.97 Å². The Balaban J connectivity index is 2.56. The number of hydrogen-bond donors (Lipinski definition) is 3. The predicted molar refractivity (Wildman–Crippen MR) is 34.3 cm³/mol. The number of carboxylic acid groups (broad SMARTS) is 1. The highest BCUT2D eigenvalue weighted by Gasteiger charge is 2.59. The van der Waals surface area contributed by atoms with Crippen molar-refractivity contribution in [2.24, 2.45) is 11.7 Å². The quantitative estimate of drug-likeness (QED) is 0.473. The van der Waals surface area contributed by atoms with Crippen molar-refractivity contribution in [2.75, 3.05) is 0 Å². The summed E-state index contributed by atoms with van der Waals surface area (Å²) in [6, 6.07) is 0. The van der Waals surface area contributed by atoms with Gasteiger partial charge in [-0.2, -0.15) is 0 Å². The highest BCUT2D eigenvalue weighted by atomic mass is 16.4. The molecule has 0 radical (unpaired) electrons. The van der Waals surface area contributed by atoms with Gasteiger partial charge in [0.25, 0.3) is 0 Å². The molecule has 58 valence electrons. The average Bonchev–Trinajstić information content (AvgIpc) is 2.43. The third-order valence-electron chi connectivity index (χ3n) is 2.04. The average molecular weight is 145 g/mol. The lowest BCUT2D eigenvalue weighted by Gasteiger charge is -2.06. The maximum Gasteiger partial charge on any atom is 0.324 e. The van der Waals surface area contributed by atoms with E-state index in [4.69, 9.17) is 15.9 Å². The summed E-state index contributed by atoms with van der Waals surface area (Å²) in [7, 11) is 0. The molecule has 10 heavy (non-hydrogen) atoms. The molecular formula is C6H11NO3. The van der Waals surface area contributed by atoms with Crippen LogP contribution < -0.4 is 5.73 Å². The molecule has 3 atom stereocenters. The van der Waals surface area contributed by atoms with E-state index in [0.29, 0.717) is 6.42 Å². The van der Waals surface area contributed by atoms with Gasteiger partial charge in [0.2, 0.25) is 0 Å². The number of hydrogen-bond acceptors (Lipinski definition) is 3. The van der Waals surface area contributed by atoms with E-state index in [1.54, 1.807) is 6.92 Å². The third kappa shape index (κ3) is 0.892. The molecule has 4 N–H and O–H groups in total. The maximum absolute atomic E-state index is 10.4. The van der Waals surface area contributed by atoms with Gasteiger partial charge in [-0.15, -0.1) is 0 Å². The number of aliphatic hydroxyl groups is 1. The van der Waals surface area contributed by atoms with E-state index in [1.165, 1.54) is 0 Å². The molecule has 0 aromatic heterocycles. The minimum Gasteiger partial charge on any atom is -0.480 e. The molecule has 0 bridgehead atoms. The van der Waals surface area contributed by atoms with Crippen molar-refractivity contribution in [3.8, 4) is 0 Å². The summed E-state index contributed by atoms with van der Waals surface area (Å²) in [6.07, 6.45) is -0.221. The monoisotopic (exact) mass is 145 g/mol. The van der Waals surface area contributed by atoms with Crippen molar-refractivity contribution in [1.82, 2.24) is 0 Å². The number of rotatable bonds is 2. The summed E-state index contributed by atoms with van der Waals surface area (Å²) < 4.78 is 0. The molecule has 3 unspecified atom stereocenters. The summed E-state index contributed by atoms with van der Waals surface area (Å²) in [4.78, 5) is 10.4. The van der Waals surface area contributed by atoms with Gasteiger partial charge >= 0.3 is 5.97 Å². The molecule has 1 rings (SSSR count). The van der Waals surface area contributed by atoms with Gasteiger partial charge in [0.05, 0.1) is 6.10 Å². The summed E-state index contributed by atoms with van der Waals surface area (Å²) in [5.41, 5.74) is 4.23. The number of aliphatic hydroxyl groups excluding tert-OH is 1. The largest absolute Gasteiger partial charge is 0.480 e. The van der Waals surface area contributed by atoms with Gasteiger partial charge in [0.15, 0.2) is 0 Å². The standard InChI is InChI=1S/C6H11NO3/c1-3(8)4-2-6(4,7)5(9)10/h3-4,8H,2,7H2,1H3,(H,9,10). The van der Waals surface area contributed by atoms with Gasteiger partial charge in [-0.25, -0.2) is 0 Å². The highest BCUT2D eigenvalue weighted by molar-refractivity contribution is 5.83. The van der Waals surface area contributed by atoms with Gasteiger partial charge in [0.1, 0.15) is 5.54 Å².